The zero-order valence-electron chi connectivity index (χ0n) is 4.63. The molecule has 0 bridgehead atoms. The highest BCUT2D eigenvalue weighted by atomic mass is 35.5. The van der Waals surface area contributed by atoms with E-state index >= 15 is 0 Å². The second kappa shape index (κ2) is 2.95. The van der Waals surface area contributed by atoms with Crippen LogP contribution in [-0.2, 0) is 4.52 Å². The SMILES string of the molecule is CC(C)(Cl)OP(O)O. The first-order valence-electron chi connectivity index (χ1n) is 1.98. The largest absolute Gasteiger partial charge is 0.328 e. The number of rotatable bonds is 2. The molecule has 0 aliphatic carbocycles. The van der Waals surface area contributed by atoms with E-state index in [9.17, 15) is 0 Å². The number of alkyl halides is 1. The van der Waals surface area contributed by atoms with Crippen LogP contribution in [0.25, 0.3) is 0 Å². The lowest BCUT2D eigenvalue weighted by molar-refractivity contribution is 0.167. The zero-order chi connectivity index (χ0) is 6.78. The monoisotopic (exact) mass is 158 g/mol. The Kier molecular flexibility index (Phi) is 3.17. The van der Waals surface area contributed by atoms with Gasteiger partial charge in [-0.15, -0.1) is 0 Å². The first-order chi connectivity index (χ1) is 3.42. The molecule has 0 atom stereocenters. The van der Waals surface area contributed by atoms with Gasteiger partial charge in [0.05, 0.1) is 0 Å². The van der Waals surface area contributed by atoms with Gasteiger partial charge in [-0.2, -0.15) is 0 Å². The third-order valence-corrected chi connectivity index (χ3v) is 1.10. The summed E-state index contributed by atoms with van der Waals surface area (Å²) >= 11 is 5.40. The molecule has 0 spiro atoms. The topological polar surface area (TPSA) is 49.7 Å². The molecule has 0 aromatic heterocycles. The molecule has 0 amide bonds. The molecular weight excluding hydrogens is 150 g/mol. The van der Waals surface area contributed by atoms with Gasteiger partial charge < -0.3 is 9.79 Å². The highest BCUT2D eigenvalue weighted by Gasteiger charge is 2.17. The summed E-state index contributed by atoms with van der Waals surface area (Å²) in [5.41, 5.74) is 0. The van der Waals surface area contributed by atoms with Crippen molar-refractivity contribution in [1.29, 1.82) is 0 Å². The summed E-state index contributed by atoms with van der Waals surface area (Å²) in [6.45, 7) is 3.05. The predicted molar refractivity (Wildman–Crippen MR) is 32.4 cm³/mol. The Morgan fingerprint density at radius 1 is 1.50 bits per heavy atom. The fourth-order valence-electron chi connectivity index (χ4n) is 0.194. The molecule has 2 N–H and O–H groups in total. The van der Waals surface area contributed by atoms with Crippen LogP contribution in [0.4, 0.5) is 0 Å². The lowest BCUT2D eigenvalue weighted by Gasteiger charge is -2.15. The Bertz CT molecular complexity index is 69.4. The van der Waals surface area contributed by atoms with E-state index in [2.05, 4.69) is 4.52 Å². The highest BCUT2D eigenvalue weighted by molar-refractivity contribution is 7.39. The molecule has 0 rings (SSSR count). The fraction of sp³-hybridized carbons (Fsp3) is 1.00. The quantitative estimate of drug-likeness (QED) is 0.469. The average molecular weight is 159 g/mol. The van der Waals surface area contributed by atoms with E-state index in [4.69, 9.17) is 21.4 Å². The number of hydrogen-bond donors (Lipinski definition) is 2. The van der Waals surface area contributed by atoms with Crippen LogP contribution >= 0.6 is 20.2 Å². The minimum absolute atomic E-state index is 0.977. The molecule has 0 fully saturated rings. The molecule has 0 saturated carbocycles. The smallest absolute Gasteiger partial charge is 0.328 e. The van der Waals surface area contributed by atoms with Crippen LogP contribution in [0.15, 0.2) is 0 Å². The summed E-state index contributed by atoms with van der Waals surface area (Å²) < 4.78 is 4.38. The average Bonchev–Trinajstić information content (AvgIpc) is 1.21. The van der Waals surface area contributed by atoms with Gasteiger partial charge in [0.15, 0.2) is 0 Å². The van der Waals surface area contributed by atoms with Crippen molar-refractivity contribution in [2.45, 2.75) is 18.9 Å². The van der Waals surface area contributed by atoms with Crippen LogP contribution in [0.1, 0.15) is 13.8 Å². The molecule has 0 saturated heterocycles. The molecule has 3 nitrogen and oxygen atoms in total. The number of halogens is 1. The van der Waals surface area contributed by atoms with Gasteiger partial charge in [0, 0.05) is 0 Å². The second-order valence-electron chi connectivity index (χ2n) is 1.71. The second-order valence-corrected chi connectivity index (χ2v) is 3.31. The van der Waals surface area contributed by atoms with E-state index in [1.165, 1.54) is 13.8 Å². The molecule has 0 heterocycles. The summed E-state index contributed by atoms with van der Waals surface area (Å²) in [5, 5.41) is -0.977. The van der Waals surface area contributed by atoms with Gasteiger partial charge >= 0.3 is 8.60 Å². The van der Waals surface area contributed by atoms with Crippen molar-refractivity contribution in [2.24, 2.45) is 0 Å². The molecule has 50 valence electrons. The minimum Gasteiger partial charge on any atom is -0.328 e. The molecule has 0 aliphatic heterocycles. The van der Waals surface area contributed by atoms with Crippen molar-refractivity contribution in [3.05, 3.63) is 0 Å². The third-order valence-electron chi connectivity index (χ3n) is 0.299. The van der Waals surface area contributed by atoms with Gasteiger partial charge in [-0.05, 0) is 13.8 Å². The Morgan fingerprint density at radius 3 is 1.88 bits per heavy atom. The standard InChI is InChI=1S/C3H8ClO3P/c1-3(2,4)7-8(5)6/h5-6H,1-2H3. The maximum absolute atomic E-state index is 8.20. The molecule has 5 heteroatoms. The van der Waals surface area contributed by atoms with E-state index in [0.717, 1.165) is 0 Å². The predicted octanol–water partition coefficient (Wildman–Crippen LogP) is 1.19. The lowest BCUT2D eigenvalue weighted by Crippen LogP contribution is -2.11. The summed E-state index contributed by atoms with van der Waals surface area (Å²) in [5.74, 6) is 0. The van der Waals surface area contributed by atoms with E-state index < -0.39 is 13.7 Å². The van der Waals surface area contributed by atoms with Crippen LogP contribution in [0.2, 0.25) is 0 Å². The van der Waals surface area contributed by atoms with Crippen LogP contribution in [0.3, 0.4) is 0 Å². The van der Waals surface area contributed by atoms with Gasteiger partial charge in [0.1, 0.15) is 5.06 Å². The normalized spacial score (nSPS) is 12.8. The minimum atomic E-state index is -2.32. The lowest BCUT2D eigenvalue weighted by atomic mass is 10.5. The summed E-state index contributed by atoms with van der Waals surface area (Å²) in [4.78, 5) is 16.4. The summed E-state index contributed by atoms with van der Waals surface area (Å²) in [6.07, 6.45) is 0. The zero-order valence-corrected chi connectivity index (χ0v) is 6.28. The number of hydrogen-bond acceptors (Lipinski definition) is 3. The first-order valence-corrected chi connectivity index (χ1v) is 3.52. The van der Waals surface area contributed by atoms with Crippen molar-refractivity contribution in [1.82, 2.24) is 0 Å². The van der Waals surface area contributed by atoms with Crippen molar-refractivity contribution in [2.75, 3.05) is 0 Å². The van der Waals surface area contributed by atoms with E-state index in [1.54, 1.807) is 0 Å². The van der Waals surface area contributed by atoms with E-state index in [-0.39, 0.29) is 0 Å². The summed E-state index contributed by atoms with van der Waals surface area (Å²) in [7, 11) is -2.32. The maximum atomic E-state index is 8.20. The van der Waals surface area contributed by atoms with Crippen LogP contribution in [0.5, 0.6) is 0 Å². The molecule has 0 radical (unpaired) electrons. The van der Waals surface area contributed by atoms with Crippen LogP contribution < -0.4 is 0 Å². The van der Waals surface area contributed by atoms with Gasteiger partial charge in [0.2, 0.25) is 0 Å². The molecule has 0 aliphatic rings. The molecule has 0 aromatic rings. The van der Waals surface area contributed by atoms with Gasteiger partial charge in [-0.1, -0.05) is 11.6 Å². The Hall–Kier alpha value is 0.600. The maximum Gasteiger partial charge on any atom is 0.328 e. The summed E-state index contributed by atoms with van der Waals surface area (Å²) in [6, 6.07) is 0. The Morgan fingerprint density at radius 2 is 1.88 bits per heavy atom. The Balaban J connectivity index is 3.39. The van der Waals surface area contributed by atoms with E-state index in [1.807, 2.05) is 0 Å². The first kappa shape index (κ1) is 8.60. The van der Waals surface area contributed by atoms with E-state index in [0.29, 0.717) is 0 Å². The van der Waals surface area contributed by atoms with Gasteiger partial charge in [0.25, 0.3) is 0 Å². The molecule has 0 unspecified atom stereocenters. The van der Waals surface area contributed by atoms with Gasteiger partial charge in [-0.3, -0.25) is 4.52 Å². The van der Waals surface area contributed by atoms with Crippen molar-refractivity contribution in [3.8, 4) is 0 Å². The highest BCUT2D eigenvalue weighted by Crippen LogP contribution is 2.34. The third kappa shape index (κ3) is 6.60. The fourth-order valence-corrected chi connectivity index (χ4v) is 0.768. The van der Waals surface area contributed by atoms with Crippen LogP contribution in [0, 0.1) is 0 Å². The van der Waals surface area contributed by atoms with Gasteiger partial charge in [-0.25, -0.2) is 0 Å². The van der Waals surface area contributed by atoms with Crippen molar-refractivity contribution >= 4 is 20.2 Å². The molecular formula is C3H8ClO3P. The van der Waals surface area contributed by atoms with Crippen molar-refractivity contribution in [3.63, 3.8) is 0 Å². The van der Waals surface area contributed by atoms with Crippen LogP contribution in [-0.4, -0.2) is 14.8 Å². The molecule has 0 aromatic carbocycles. The molecule has 8 heavy (non-hydrogen) atoms. The van der Waals surface area contributed by atoms with Crippen molar-refractivity contribution < 1.29 is 14.3 Å². The Labute approximate surface area is 54.2 Å².